The number of hydrogen-bond acceptors (Lipinski definition) is 4. The van der Waals surface area contributed by atoms with Crippen LogP contribution in [0, 0.1) is 0 Å². The van der Waals surface area contributed by atoms with Crippen molar-refractivity contribution < 1.29 is 13.2 Å². The number of nitrogens with one attached hydrogen (secondary N) is 2. The van der Waals surface area contributed by atoms with Crippen molar-refractivity contribution in [2.24, 2.45) is 0 Å². The van der Waals surface area contributed by atoms with Crippen LogP contribution in [0.4, 0.5) is 0 Å². The van der Waals surface area contributed by atoms with Crippen LogP contribution in [0.25, 0.3) is 0 Å². The zero-order valence-corrected chi connectivity index (χ0v) is 16.1. The molecule has 0 atom stereocenters. The van der Waals surface area contributed by atoms with E-state index < -0.39 is 10.0 Å². The van der Waals surface area contributed by atoms with Crippen molar-refractivity contribution in [3.05, 3.63) is 48.5 Å². The van der Waals surface area contributed by atoms with Crippen LogP contribution >= 0.6 is 0 Å². The van der Waals surface area contributed by atoms with Gasteiger partial charge in [0.2, 0.25) is 15.9 Å². The summed E-state index contributed by atoms with van der Waals surface area (Å²) >= 11 is 0. The van der Waals surface area contributed by atoms with Crippen LogP contribution in [0.1, 0.15) is 37.7 Å². The van der Waals surface area contributed by atoms with E-state index >= 15 is 0 Å². The number of imidazole rings is 1. The summed E-state index contributed by atoms with van der Waals surface area (Å²) in [6.07, 6.45) is 10.2. The van der Waals surface area contributed by atoms with Crippen LogP contribution in [0.3, 0.4) is 0 Å². The van der Waals surface area contributed by atoms with Gasteiger partial charge in [0.25, 0.3) is 0 Å². The molecule has 1 aromatic heterocycles. The Morgan fingerprint density at radius 2 is 1.96 bits per heavy atom. The van der Waals surface area contributed by atoms with Crippen LogP contribution in [0.5, 0.6) is 0 Å². The molecule has 0 bridgehead atoms. The fourth-order valence-electron chi connectivity index (χ4n) is 2.74. The summed E-state index contributed by atoms with van der Waals surface area (Å²) in [6.45, 7) is 1.57. The third-order valence-electron chi connectivity index (χ3n) is 4.50. The molecule has 1 aromatic carbocycles. The maximum atomic E-state index is 12.1. The molecule has 1 amide bonds. The van der Waals surface area contributed by atoms with E-state index in [2.05, 4.69) is 15.0 Å². The summed E-state index contributed by atoms with van der Waals surface area (Å²) in [7, 11) is -3.41. The Balaban J connectivity index is 1.33. The second-order valence-electron chi connectivity index (χ2n) is 6.90. The Hall–Kier alpha value is -2.19. The topological polar surface area (TPSA) is 93.1 Å². The normalized spacial score (nSPS) is 14.2. The highest BCUT2D eigenvalue weighted by molar-refractivity contribution is 7.89. The highest BCUT2D eigenvalue weighted by Gasteiger charge is 2.27. The van der Waals surface area contributed by atoms with Gasteiger partial charge in [0, 0.05) is 37.9 Å². The third kappa shape index (κ3) is 6.48. The van der Waals surface area contributed by atoms with Crippen molar-refractivity contribution in [3.63, 3.8) is 0 Å². The van der Waals surface area contributed by atoms with Crippen molar-refractivity contribution in [2.75, 3.05) is 6.54 Å². The molecule has 27 heavy (non-hydrogen) atoms. The van der Waals surface area contributed by atoms with Crippen LogP contribution in [-0.2, 0) is 27.8 Å². The third-order valence-corrected chi connectivity index (χ3v) is 6.03. The molecule has 1 fully saturated rings. The Bertz CT molecular complexity index is 828. The summed E-state index contributed by atoms with van der Waals surface area (Å²) < 4.78 is 28.9. The Labute approximate surface area is 160 Å². The first-order valence-corrected chi connectivity index (χ1v) is 10.8. The lowest BCUT2D eigenvalue weighted by molar-refractivity contribution is -0.121. The second kappa shape index (κ2) is 9.14. The van der Waals surface area contributed by atoms with Gasteiger partial charge in [0.1, 0.15) is 0 Å². The Morgan fingerprint density at radius 3 is 2.63 bits per heavy atom. The Morgan fingerprint density at radius 1 is 1.19 bits per heavy atom. The number of rotatable bonds is 11. The van der Waals surface area contributed by atoms with Gasteiger partial charge in [0.05, 0.1) is 11.2 Å². The number of aromatic nitrogens is 2. The molecule has 0 radical (unpaired) electrons. The first kappa shape index (κ1) is 19.6. The lowest BCUT2D eigenvalue weighted by atomic mass is 10.1. The van der Waals surface area contributed by atoms with Crippen LogP contribution in [0.2, 0.25) is 0 Å². The minimum Gasteiger partial charge on any atom is -0.356 e. The number of amides is 1. The fraction of sp³-hybridized carbons (Fsp3) is 0.474. The highest BCUT2D eigenvalue weighted by atomic mass is 32.2. The van der Waals surface area contributed by atoms with E-state index in [1.54, 1.807) is 36.8 Å². The monoisotopic (exact) mass is 390 g/mol. The number of hydrogen-bond donors (Lipinski definition) is 2. The van der Waals surface area contributed by atoms with Gasteiger partial charge in [-0.25, -0.2) is 18.1 Å². The van der Waals surface area contributed by atoms with Gasteiger partial charge >= 0.3 is 0 Å². The molecular formula is C19H26N4O3S. The minimum atomic E-state index is -3.41. The molecule has 2 aromatic rings. The van der Waals surface area contributed by atoms with Gasteiger partial charge in [-0.2, -0.15) is 0 Å². The lowest BCUT2D eigenvalue weighted by Gasteiger charge is -2.08. The van der Waals surface area contributed by atoms with E-state index in [-0.39, 0.29) is 16.8 Å². The molecule has 2 N–H and O–H groups in total. The van der Waals surface area contributed by atoms with Gasteiger partial charge in [-0.15, -0.1) is 0 Å². The van der Waals surface area contributed by atoms with Crippen molar-refractivity contribution in [1.82, 2.24) is 19.6 Å². The zero-order valence-electron chi connectivity index (χ0n) is 15.3. The number of carbonyl (C=O) groups is 1. The average Bonchev–Trinajstić information content (AvgIpc) is 3.30. The number of sulfonamides is 1. The molecule has 1 aliphatic rings. The molecule has 8 heteroatoms. The lowest BCUT2D eigenvalue weighted by Crippen LogP contribution is -2.25. The van der Waals surface area contributed by atoms with E-state index in [0.29, 0.717) is 19.4 Å². The molecule has 0 aliphatic heterocycles. The standard InChI is InChI=1S/C19H26N4O3S/c24-19(21-11-1-2-13-23-14-12-20-15-23)10-5-16-3-8-18(9-4-16)27(25,26)22-17-6-7-17/h3-4,8-9,12,14-15,17,22H,1-2,5-7,10-11,13H2,(H,21,24). The zero-order chi connectivity index (χ0) is 19.1. The van der Waals surface area contributed by atoms with Crippen LogP contribution in [0.15, 0.2) is 47.9 Å². The van der Waals surface area contributed by atoms with Gasteiger partial charge in [-0.05, 0) is 49.8 Å². The summed E-state index contributed by atoms with van der Waals surface area (Å²) in [6, 6.07) is 6.86. The fourth-order valence-corrected chi connectivity index (χ4v) is 4.04. The van der Waals surface area contributed by atoms with E-state index in [1.807, 2.05) is 10.8 Å². The van der Waals surface area contributed by atoms with Crippen LogP contribution < -0.4 is 10.0 Å². The van der Waals surface area contributed by atoms with Gasteiger partial charge in [0.15, 0.2) is 0 Å². The quantitative estimate of drug-likeness (QED) is 0.573. The molecular weight excluding hydrogens is 364 g/mol. The van der Waals surface area contributed by atoms with Gasteiger partial charge < -0.3 is 9.88 Å². The SMILES string of the molecule is O=C(CCc1ccc(S(=O)(=O)NC2CC2)cc1)NCCCCn1ccnc1. The molecule has 1 heterocycles. The first-order chi connectivity index (χ1) is 13.0. The van der Waals surface area contributed by atoms with Crippen LogP contribution in [-0.4, -0.2) is 36.5 Å². The summed E-state index contributed by atoms with van der Waals surface area (Å²) in [5.74, 6) is 0.0183. The summed E-state index contributed by atoms with van der Waals surface area (Å²) in [5, 5.41) is 2.93. The Kier molecular flexibility index (Phi) is 6.63. The maximum absolute atomic E-state index is 12.1. The predicted octanol–water partition coefficient (Wildman–Crippen LogP) is 1.85. The smallest absolute Gasteiger partial charge is 0.240 e. The molecule has 1 saturated carbocycles. The van der Waals surface area contributed by atoms with Crippen molar-refractivity contribution in [2.45, 2.75) is 56.0 Å². The number of unbranched alkanes of at least 4 members (excludes halogenated alkanes) is 1. The number of carbonyl (C=O) groups excluding carboxylic acids is 1. The number of benzene rings is 1. The second-order valence-corrected chi connectivity index (χ2v) is 8.61. The highest BCUT2D eigenvalue weighted by Crippen LogP contribution is 2.22. The van der Waals surface area contributed by atoms with Gasteiger partial charge in [-0.1, -0.05) is 12.1 Å². The summed E-state index contributed by atoms with van der Waals surface area (Å²) in [4.78, 5) is 16.2. The molecule has 146 valence electrons. The van der Waals surface area contributed by atoms with E-state index in [0.717, 1.165) is 37.8 Å². The largest absolute Gasteiger partial charge is 0.356 e. The van der Waals surface area contributed by atoms with Gasteiger partial charge in [-0.3, -0.25) is 4.79 Å². The van der Waals surface area contributed by atoms with Crippen molar-refractivity contribution in [1.29, 1.82) is 0 Å². The van der Waals surface area contributed by atoms with E-state index in [1.165, 1.54) is 0 Å². The van der Waals surface area contributed by atoms with E-state index in [4.69, 9.17) is 0 Å². The molecule has 3 rings (SSSR count). The molecule has 7 nitrogen and oxygen atoms in total. The number of aryl methyl sites for hydroxylation is 2. The maximum Gasteiger partial charge on any atom is 0.240 e. The molecule has 0 unspecified atom stereocenters. The minimum absolute atomic E-state index is 0.0183. The first-order valence-electron chi connectivity index (χ1n) is 9.37. The number of nitrogens with zero attached hydrogens (tertiary/aromatic N) is 2. The average molecular weight is 391 g/mol. The summed E-state index contributed by atoms with van der Waals surface area (Å²) in [5.41, 5.74) is 0.954. The van der Waals surface area contributed by atoms with Crippen molar-refractivity contribution in [3.8, 4) is 0 Å². The molecule has 0 saturated heterocycles. The predicted molar refractivity (Wildman–Crippen MR) is 103 cm³/mol. The van der Waals surface area contributed by atoms with E-state index in [9.17, 15) is 13.2 Å². The molecule has 1 aliphatic carbocycles. The molecule has 0 spiro atoms. The van der Waals surface area contributed by atoms with Crippen molar-refractivity contribution >= 4 is 15.9 Å².